The summed E-state index contributed by atoms with van der Waals surface area (Å²) in [5, 5.41) is 14.9. The summed E-state index contributed by atoms with van der Waals surface area (Å²) in [7, 11) is 0. The molecule has 0 amide bonds. The van der Waals surface area contributed by atoms with Crippen LogP contribution in [0, 0.1) is 11.3 Å². The van der Waals surface area contributed by atoms with Gasteiger partial charge >= 0.3 is 0 Å². The van der Waals surface area contributed by atoms with E-state index in [4.69, 9.17) is 4.74 Å². The fourth-order valence-corrected chi connectivity index (χ4v) is 2.82. The predicted molar refractivity (Wildman–Crippen MR) is 92.3 cm³/mol. The van der Waals surface area contributed by atoms with Crippen molar-refractivity contribution in [3.63, 3.8) is 0 Å². The maximum Gasteiger partial charge on any atom is 0.219 e. The van der Waals surface area contributed by atoms with Crippen LogP contribution in [0.4, 0.5) is 0 Å². The van der Waals surface area contributed by atoms with E-state index in [9.17, 15) is 5.26 Å². The van der Waals surface area contributed by atoms with Gasteiger partial charge in [-0.3, -0.25) is 5.32 Å². The Morgan fingerprint density at radius 1 is 1.17 bits per heavy atom. The van der Waals surface area contributed by atoms with Crippen molar-refractivity contribution >= 4 is 16.7 Å². The van der Waals surface area contributed by atoms with Crippen LogP contribution in [-0.2, 0) is 4.74 Å². The van der Waals surface area contributed by atoms with Crippen molar-refractivity contribution in [1.82, 2.24) is 5.32 Å². The highest BCUT2D eigenvalue weighted by Crippen LogP contribution is 2.23. The number of rotatable bonds is 6. The second-order valence-electron chi connectivity index (χ2n) is 5.73. The minimum Gasteiger partial charge on any atom is -0.455 e. The van der Waals surface area contributed by atoms with E-state index in [1.807, 2.05) is 24.3 Å². The van der Waals surface area contributed by atoms with Crippen molar-refractivity contribution in [2.24, 2.45) is 4.99 Å². The molecule has 0 saturated carbocycles. The van der Waals surface area contributed by atoms with Gasteiger partial charge in [0.2, 0.25) is 5.90 Å². The van der Waals surface area contributed by atoms with E-state index in [1.54, 1.807) is 0 Å². The molecule has 2 unspecified atom stereocenters. The zero-order chi connectivity index (χ0) is 16.1. The number of aliphatic imine (C=N–C) groups is 1. The van der Waals surface area contributed by atoms with Crippen molar-refractivity contribution < 1.29 is 4.74 Å². The van der Waals surface area contributed by atoms with Gasteiger partial charge in [0.1, 0.15) is 0 Å². The van der Waals surface area contributed by atoms with Gasteiger partial charge in [0.05, 0.1) is 6.07 Å². The fraction of sp³-hybridized carbons (Fsp3) is 0.368. The first kappa shape index (κ1) is 15.5. The van der Waals surface area contributed by atoms with Gasteiger partial charge < -0.3 is 4.74 Å². The largest absolute Gasteiger partial charge is 0.455 e. The third-order valence-corrected chi connectivity index (χ3v) is 4.06. The Balaban J connectivity index is 1.79. The van der Waals surface area contributed by atoms with Crippen LogP contribution in [0.25, 0.3) is 10.8 Å². The maximum absolute atomic E-state index is 9.34. The summed E-state index contributed by atoms with van der Waals surface area (Å²) in [5.74, 6) is 0.557. The van der Waals surface area contributed by atoms with Crippen LogP contribution in [0.2, 0.25) is 0 Å². The summed E-state index contributed by atoms with van der Waals surface area (Å²) < 4.78 is 5.96. The van der Waals surface area contributed by atoms with Gasteiger partial charge in [-0.1, -0.05) is 56.2 Å². The average Bonchev–Trinajstić information content (AvgIpc) is 3.01. The highest BCUT2D eigenvalue weighted by molar-refractivity contribution is 6.07. The monoisotopic (exact) mass is 307 g/mol. The molecule has 0 radical (unpaired) electrons. The molecule has 118 valence electrons. The van der Waals surface area contributed by atoms with E-state index < -0.39 is 6.04 Å². The van der Waals surface area contributed by atoms with Gasteiger partial charge in [-0.25, -0.2) is 4.99 Å². The number of hydrogen-bond donors (Lipinski definition) is 1. The molecular weight excluding hydrogens is 286 g/mol. The number of nitrogens with zero attached hydrogens (tertiary/aromatic N) is 2. The molecule has 0 aromatic heterocycles. The first-order chi connectivity index (χ1) is 11.3. The van der Waals surface area contributed by atoms with Gasteiger partial charge in [-0.2, -0.15) is 5.26 Å². The van der Waals surface area contributed by atoms with Crippen molar-refractivity contribution in [3.8, 4) is 6.07 Å². The molecule has 0 bridgehead atoms. The van der Waals surface area contributed by atoms with Crippen LogP contribution in [-0.4, -0.2) is 24.7 Å². The van der Waals surface area contributed by atoms with E-state index in [2.05, 4.69) is 41.5 Å². The topological polar surface area (TPSA) is 57.4 Å². The smallest absolute Gasteiger partial charge is 0.219 e. The molecule has 4 heteroatoms. The molecule has 1 aliphatic rings. The first-order valence-corrected chi connectivity index (χ1v) is 8.19. The average molecular weight is 307 g/mol. The van der Waals surface area contributed by atoms with E-state index in [0.717, 1.165) is 29.3 Å². The highest BCUT2D eigenvalue weighted by atomic mass is 16.5. The summed E-state index contributed by atoms with van der Waals surface area (Å²) >= 11 is 0. The van der Waals surface area contributed by atoms with Gasteiger partial charge in [0.25, 0.3) is 0 Å². The predicted octanol–water partition coefficient (Wildman–Crippen LogP) is 3.61. The summed E-state index contributed by atoms with van der Waals surface area (Å²) in [6, 6.07) is 15.9. The molecule has 2 aromatic rings. The van der Waals surface area contributed by atoms with Crippen molar-refractivity contribution in [3.05, 3.63) is 48.0 Å². The van der Waals surface area contributed by atoms with Crippen LogP contribution in [0.5, 0.6) is 0 Å². The molecule has 0 spiro atoms. The Morgan fingerprint density at radius 2 is 2.00 bits per heavy atom. The maximum atomic E-state index is 9.34. The summed E-state index contributed by atoms with van der Waals surface area (Å²) in [6.07, 6.45) is 3.07. The minimum absolute atomic E-state index is 0.356. The van der Waals surface area contributed by atoms with E-state index in [1.165, 1.54) is 12.8 Å². The molecule has 0 aliphatic carbocycles. The molecule has 2 atom stereocenters. The summed E-state index contributed by atoms with van der Waals surface area (Å²) in [4.78, 5) is 4.48. The van der Waals surface area contributed by atoms with Crippen LogP contribution in [0.15, 0.2) is 47.5 Å². The molecule has 1 aliphatic heterocycles. The highest BCUT2D eigenvalue weighted by Gasteiger charge is 2.31. The van der Waals surface area contributed by atoms with Gasteiger partial charge in [0, 0.05) is 5.56 Å². The quantitative estimate of drug-likeness (QED) is 0.829. The lowest BCUT2D eigenvalue weighted by Gasteiger charge is -2.15. The van der Waals surface area contributed by atoms with Crippen molar-refractivity contribution in [1.29, 1.82) is 5.26 Å². The van der Waals surface area contributed by atoms with Crippen LogP contribution in [0.3, 0.4) is 0 Å². The molecule has 0 fully saturated rings. The number of hydrogen-bond acceptors (Lipinski definition) is 4. The number of ether oxygens (including phenoxy) is 1. The van der Waals surface area contributed by atoms with Crippen LogP contribution >= 0.6 is 0 Å². The van der Waals surface area contributed by atoms with Gasteiger partial charge in [0.15, 0.2) is 12.3 Å². The second kappa shape index (κ2) is 7.26. The molecule has 2 aromatic carbocycles. The molecule has 4 nitrogen and oxygen atoms in total. The summed E-state index contributed by atoms with van der Waals surface area (Å²) in [5.41, 5.74) is 0.946. The zero-order valence-corrected chi connectivity index (χ0v) is 13.3. The Bertz CT molecular complexity index is 742. The van der Waals surface area contributed by atoms with Crippen LogP contribution < -0.4 is 5.32 Å². The Labute approximate surface area is 136 Å². The lowest BCUT2D eigenvalue weighted by molar-refractivity contribution is 0.168. The Kier molecular flexibility index (Phi) is 4.89. The normalized spacial score (nSPS) is 20.1. The molecular formula is C19H21N3O. The number of nitriles is 1. The minimum atomic E-state index is -0.495. The summed E-state index contributed by atoms with van der Waals surface area (Å²) in [6.45, 7) is 3.01. The Morgan fingerprint density at radius 3 is 2.83 bits per heavy atom. The van der Waals surface area contributed by atoms with Gasteiger partial charge in [-0.05, 0) is 29.8 Å². The van der Waals surface area contributed by atoms with E-state index in [0.29, 0.717) is 5.90 Å². The van der Waals surface area contributed by atoms with E-state index in [-0.39, 0.29) is 6.23 Å². The standard InChI is InChI=1S/C19H21N3O/c1-2-3-6-12-21-19-17(13-20)22-18(23-19)16-11-7-9-14-8-4-5-10-15(14)16/h4-5,7-11,17,19,21H,2-3,6,12H2,1H3. The van der Waals surface area contributed by atoms with Crippen LogP contribution in [0.1, 0.15) is 31.7 Å². The number of unbranched alkanes of at least 4 members (excludes halogenated alkanes) is 2. The van der Waals surface area contributed by atoms with E-state index >= 15 is 0 Å². The molecule has 23 heavy (non-hydrogen) atoms. The number of benzene rings is 2. The van der Waals surface area contributed by atoms with Crippen molar-refractivity contribution in [2.45, 2.75) is 38.5 Å². The lowest BCUT2D eigenvalue weighted by Crippen LogP contribution is -2.38. The number of fused-ring (bicyclic) bond motifs is 1. The lowest BCUT2D eigenvalue weighted by atomic mass is 10.0. The molecule has 1 N–H and O–H groups in total. The SMILES string of the molecule is CCCCCNC1OC(c2cccc3ccccc23)=NC1C#N. The van der Waals surface area contributed by atoms with Crippen molar-refractivity contribution in [2.75, 3.05) is 6.54 Å². The first-order valence-electron chi connectivity index (χ1n) is 8.19. The Hall–Kier alpha value is -2.38. The molecule has 0 saturated heterocycles. The fourth-order valence-electron chi connectivity index (χ4n) is 2.82. The van der Waals surface area contributed by atoms with Gasteiger partial charge in [-0.15, -0.1) is 0 Å². The molecule has 3 rings (SSSR count). The third kappa shape index (κ3) is 3.35. The third-order valence-electron chi connectivity index (χ3n) is 4.06. The second-order valence-corrected chi connectivity index (χ2v) is 5.73. The zero-order valence-electron chi connectivity index (χ0n) is 13.3. The molecule has 1 heterocycles. The number of nitrogens with one attached hydrogen (secondary N) is 1.